The fourth-order valence-corrected chi connectivity index (χ4v) is 2.92. The lowest BCUT2D eigenvalue weighted by atomic mass is 10.1. The van der Waals surface area contributed by atoms with E-state index >= 15 is 0 Å². The summed E-state index contributed by atoms with van der Waals surface area (Å²) in [5.41, 5.74) is -0.531. The number of anilines is 1. The summed E-state index contributed by atoms with van der Waals surface area (Å²) in [4.78, 5) is 20.1. The van der Waals surface area contributed by atoms with E-state index in [0.717, 1.165) is 0 Å². The number of hydrogen-bond acceptors (Lipinski definition) is 4. The minimum absolute atomic E-state index is 0.0538. The Labute approximate surface area is 144 Å². The van der Waals surface area contributed by atoms with Crippen molar-refractivity contribution in [1.82, 2.24) is 9.88 Å². The number of pyridine rings is 1. The standard InChI is InChI=1S/C16H23BrFN3O2/c1-10-9-21(15(22)23-16(3,4)5)11(2)8-20(10)14-13(18)6-12(17)7-19-14/h6-7,10-11H,8-9H2,1-5H3/t10-,11+/m1/s1. The Balaban J connectivity index is 2.14. The molecule has 0 unspecified atom stereocenters. The van der Waals surface area contributed by atoms with E-state index in [1.54, 1.807) is 11.1 Å². The first-order chi connectivity index (χ1) is 10.6. The molecule has 0 N–H and O–H groups in total. The first kappa shape index (κ1) is 18.0. The Kier molecular flexibility index (Phi) is 5.18. The van der Waals surface area contributed by atoms with Gasteiger partial charge in [0.1, 0.15) is 5.60 Å². The molecular weight excluding hydrogens is 365 g/mol. The quantitative estimate of drug-likeness (QED) is 0.734. The Hall–Kier alpha value is -1.37. The summed E-state index contributed by atoms with van der Waals surface area (Å²) in [5.74, 6) is -0.0551. The number of piperazine rings is 1. The van der Waals surface area contributed by atoms with Crippen LogP contribution in [0.15, 0.2) is 16.7 Å². The predicted octanol–water partition coefficient (Wildman–Crippen LogP) is 3.82. The van der Waals surface area contributed by atoms with E-state index < -0.39 is 5.60 Å². The zero-order chi connectivity index (χ0) is 17.4. The molecule has 1 aromatic heterocycles. The van der Waals surface area contributed by atoms with Gasteiger partial charge in [-0.25, -0.2) is 14.2 Å². The van der Waals surface area contributed by atoms with Gasteiger partial charge in [0.2, 0.25) is 0 Å². The predicted molar refractivity (Wildman–Crippen MR) is 91.1 cm³/mol. The van der Waals surface area contributed by atoms with Crippen LogP contribution in [0.2, 0.25) is 0 Å². The SMILES string of the molecule is C[C@@H]1CN(C(=O)OC(C)(C)C)[C@@H](C)CN1c1ncc(Br)cc1F. The van der Waals surface area contributed by atoms with Crippen molar-refractivity contribution in [3.8, 4) is 0 Å². The number of carbonyl (C=O) groups is 1. The molecule has 2 heterocycles. The van der Waals surface area contributed by atoms with Gasteiger partial charge in [-0.15, -0.1) is 0 Å². The van der Waals surface area contributed by atoms with Crippen molar-refractivity contribution < 1.29 is 13.9 Å². The third-order valence-electron chi connectivity index (χ3n) is 3.67. The zero-order valence-corrected chi connectivity index (χ0v) is 15.7. The van der Waals surface area contributed by atoms with Crippen LogP contribution in [0.1, 0.15) is 34.6 Å². The number of nitrogens with zero attached hydrogens (tertiary/aromatic N) is 3. The monoisotopic (exact) mass is 387 g/mol. The average Bonchev–Trinajstić information content (AvgIpc) is 2.39. The Morgan fingerprint density at radius 2 is 2.00 bits per heavy atom. The van der Waals surface area contributed by atoms with Crippen molar-refractivity contribution in [3.63, 3.8) is 0 Å². The number of amides is 1. The number of hydrogen-bond donors (Lipinski definition) is 0. The van der Waals surface area contributed by atoms with E-state index in [2.05, 4.69) is 20.9 Å². The smallest absolute Gasteiger partial charge is 0.410 e. The lowest BCUT2D eigenvalue weighted by Crippen LogP contribution is -2.59. The lowest BCUT2D eigenvalue weighted by Gasteiger charge is -2.44. The van der Waals surface area contributed by atoms with Gasteiger partial charge in [-0.05, 0) is 56.6 Å². The third kappa shape index (κ3) is 4.34. The Morgan fingerprint density at radius 1 is 1.35 bits per heavy atom. The van der Waals surface area contributed by atoms with E-state index in [-0.39, 0.29) is 24.0 Å². The highest BCUT2D eigenvalue weighted by atomic mass is 79.9. The Bertz CT molecular complexity index is 591. The molecule has 0 saturated carbocycles. The highest BCUT2D eigenvalue weighted by Gasteiger charge is 2.35. The van der Waals surface area contributed by atoms with Crippen LogP contribution in [-0.2, 0) is 4.74 Å². The van der Waals surface area contributed by atoms with Crippen molar-refractivity contribution in [2.45, 2.75) is 52.3 Å². The fraction of sp³-hybridized carbons (Fsp3) is 0.625. The van der Waals surface area contributed by atoms with E-state index in [1.807, 2.05) is 39.5 Å². The zero-order valence-electron chi connectivity index (χ0n) is 14.1. The molecule has 0 spiro atoms. The van der Waals surface area contributed by atoms with E-state index in [1.165, 1.54) is 6.07 Å². The van der Waals surface area contributed by atoms with E-state index in [4.69, 9.17) is 4.74 Å². The summed E-state index contributed by atoms with van der Waals surface area (Å²) in [6.07, 6.45) is 1.25. The molecule has 2 rings (SSSR count). The van der Waals surface area contributed by atoms with Crippen LogP contribution in [0.5, 0.6) is 0 Å². The van der Waals surface area contributed by atoms with Gasteiger partial charge < -0.3 is 14.5 Å². The summed E-state index contributed by atoms with van der Waals surface area (Å²) in [7, 11) is 0. The first-order valence-corrected chi connectivity index (χ1v) is 8.45. The lowest BCUT2D eigenvalue weighted by molar-refractivity contribution is 0.0129. The fourth-order valence-electron chi connectivity index (χ4n) is 2.62. The molecule has 1 aromatic rings. The van der Waals surface area contributed by atoms with Crippen LogP contribution in [0.25, 0.3) is 0 Å². The van der Waals surface area contributed by atoms with Crippen molar-refractivity contribution in [2.75, 3.05) is 18.0 Å². The molecule has 23 heavy (non-hydrogen) atoms. The largest absolute Gasteiger partial charge is 0.444 e. The summed E-state index contributed by atoms with van der Waals surface area (Å²) in [5, 5.41) is 0. The van der Waals surface area contributed by atoms with Crippen LogP contribution in [-0.4, -0.2) is 46.8 Å². The van der Waals surface area contributed by atoms with Gasteiger partial charge in [-0.2, -0.15) is 0 Å². The molecule has 0 radical (unpaired) electrons. The molecule has 0 bridgehead atoms. The van der Waals surface area contributed by atoms with E-state index in [0.29, 0.717) is 23.4 Å². The molecular formula is C16H23BrFN3O2. The molecule has 1 fully saturated rings. The van der Waals surface area contributed by atoms with Crippen molar-refractivity contribution >= 4 is 27.8 Å². The first-order valence-electron chi connectivity index (χ1n) is 7.66. The molecule has 1 saturated heterocycles. The van der Waals surface area contributed by atoms with Gasteiger partial charge in [0.05, 0.1) is 0 Å². The summed E-state index contributed by atoms with van der Waals surface area (Å²) in [6.45, 7) is 10.4. The minimum Gasteiger partial charge on any atom is -0.444 e. The highest BCUT2D eigenvalue weighted by Crippen LogP contribution is 2.26. The molecule has 1 aliphatic heterocycles. The number of aromatic nitrogens is 1. The van der Waals surface area contributed by atoms with Crippen LogP contribution >= 0.6 is 15.9 Å². The second kappa shape index (κ2) is 6.63. The topological polar surface area (TPSA) is 45.7 Å². The third-order valence-corrected chi connectivity index (χ3v) is 4.11. The van der Waals surface area contributed by atoms with Crippen LogP contribution < -0.4 is 4.90 Å². The van der Waals surface area contributed by atoms with Gasteiger partial charge in [0, 0.05) is 35.8 Å². The molecule has 5 nitrogen and oxygen atoms in total. The molecule has 128 valence electrons. The molecule has 1 aliphatic rings. The molecule has 2 atom stereocenters. The minimum atomic E-state index is -0.531. The average molecular weight is 388 g/mol. The number of rotatable bonds is 1. The summed E-state index contributed by atoms with van der Waals surface area (Å²) in [6, 6.07) is 1.26. The maximum Gasteiger partial charge on any atom is 0.410 e. The second-order valence-corrected chi connectivity index (χ2v) is 7.86. The van der Waals surface area contributed by atoms with E-state index in [9.17, 15) is 9.18 Å². The summed E-state index contributed by atoms with van der Waals surface area (Å²) >= 11 is 3.21. The molecule has 0 aliphatic carbocycles. The van der Waals surface area contributed by atoms with Crippen molar-refractivity contribution in [2.24, 2.45) is 0 Å². The van der Waals surface area contributed by atoms with Gasteiger partial charge in [0.25, 0.3) is 0 Å². The van der Waals surface area contributed by atoms with Gasteiger partial charge in [-0.1, -0.05) is 0 Å². The van der Waals surface area contributed by atoms with Crippen LogP contribution in [0.4, 0.5) is 15.0 Å². The van der Waals surface area contributed by atoms with Gasteiger partial charge in [-0.3, -0.25) is 0 Å². The normalized spacial score (nSPS) is 22.2. The molecule has 7 heteroatoms. The maximum atomic E-state index is 14.2. The Morgan fingerprint density at radius 3 is 2.57 bits per heavy atom. The summed E-state index contributed by atoms with van der Waals surface area (Å²) < 4.78 is 20.2. The second-order valence-electron chi connectivity index (χ2n) is 6.94. The number of ether oxygens (including phenoxy) is 1. The molecule has 0 aromatic carbocycles. The van der Waals surface area contributed by atoms with Crippen molar-refractivity contribution in [1.29, 1.82) is 0 Å². The highest BCUT2D eigenvalue weighted by molar-refractivity contribution is 9.10. The van der Waals surface area contributed by atoms with Crippen LogP contribution in [0.3, 0.4) is 0 Å². The van der Waals surface area contributed by atoms with Crippen molar-refractivity contribution in [3.05, 3.63) is 22.6 Å². The molecule has 1 amide bonds. The number of halogens is 2. The number of carbonyl (C=O) groups excluding carboxylic acids is 1. The maximum absolute atomic E-state index is 14.2. The van der Waals surface area contributed by atoms with Crippen LogP contribution in [0, 0.1) is 5.82 Å². The van der Waals surface area contributed by atoms with Gasteiger partial charge >= 0.3 is 6.09 Å². The van der Waals surface area contributed by atoms with Gasteiger partial charge in [0.15, 0.2) is 11.6 Å².